The molecule has 1 heterocycles. The smallest absolute Gasteiger partial charge is 0.325 e. The summed E-state index contributed by atoms with van der Waals surface area (Å²) < 4.78 is 0.804. The molecule has 1 aliphatic heterocycles. The second kappa shape index (κ2) is 8.37. The van der Waals surface area contributed by atoms with Crippen molar-refractivity contribution in [1.29, 1.82) is 0 Å². The van der Waals surface area contributed by atoms with Crippen LogP contribution in [-0.4, -0.2) is 29.3 Å². The third kappa shape index (κ3) is 4.34. The topological polar surface area (TPSA) is 78.5 Å². The fraction of sp³-hybridized carbons (Fsp3) is 0.318. The summed E-state index contributed by atoms with van der Waals surface area (Å²) in [5.41, 5.74) is 1.57. The predicted octanol–water partition coefficient (Wildman–Crippen LogP) is 3.79. The summed E-state index contributed by atoms with van der Waals surface area (Å²) >= 11 is 3.38. The first kappa shape index (κ1) is 21.0. The number of amides is 4. The van der Waals surface area contributed by atoms with Crippen molar-refractivity contribution < 1.29 is 14.4 Å². The molecule has 0 bridgehead atoms. The van der Waals surface area contributed by atoms with E-state index in [1.54, 1.807) is 25.1 Å². The molecule has 4 amide bonds. The molecule has 2 N–H and O–H groups in total. The van der Waals surface area contributed by atoms with Crippen molar-refractivity contribution in [2.75, 3.05) is 6.54 Å². The van der Waals surface area contributed by atoms with E-state index in [-0.39, 0.29) is 18.5 Å². The molecule has 152 valence electrons. The minimum atomic E-state index is -1.21. The molecular weight excluding hydrogens is 434 g/mol. The minimum absolute atomic E-state index is 0.180. The maximum atomic E-state index is 13.0. The van der Waals surface area contributed by atoms with Crippen molar-refractivity contribution in [2.24, 2.45) is 0 Å². The highest BCUT2D eigenvalue weighted by Gasteiger charge is 2.49. The normalized spacial score (nSPS) is 19.8. The van der Waals surface area contributed by atoms with Gasteiger partial charge in [0.1, 0.15) is 12.1 Å². The highest BCUT2D eigenvalue weighted by molar-refractivity contribution is 9.10. The Morgan fingerprint density at radius 1 is 1.21 bits per heavy atom. The zero-order valence-electron chi connectivity index (χ0n) is 16.7. The second-order valence-electron chi connectivity index (χ2n) is 7.40. The van der Waals surface area contributed by atoms with E-state index in [1.807, 2.05) is 44.2 Å². The van der Waals surface area contributed by atoms with Crippen LogP contribution in [0.3, 0.4) is 0 Å². The van der Waals surface area contributed by atoms with Crippen LogP contribution >= 0.6 is 15.9 Å². The largest absolute Gasteiger partial charge is 0.348 e. The number of halogens is 1. The van der Waals surface area contributed by atoms with E-state index in [9.17, 15) is 14.4 Å². The SMILES string of the molecule is CC[C@H](NC(=O)CN1C(=O)N[C@@](C)(c2cccc(Br)c2)C1=O)c1ccc(C)cc1. The number of nitrogens with one attached hydrogen (secondary N) is 2. The van der Waals surface area contributed by atoms with Gasteiger partial charge >= 0.3 is 6.03 Å². The van der Waals surface area contributed by atoms with Gasteiger partial charge in [-0.15, -0.1) is 0 Å². The van der Waals surface area contributed by atoms with Gasteiger partial charge in [0.15, 0.2) is 0 Å². The Labute approximate surface area is 178 Å². The number of hydrogen-bond acceptors (Lipinski definition) is 3. The van der Waals surface area contributed by atoms with Gasteiger partial charge in [0.05, 0.1) is 6.04 Å². The van der Waals surface area contributed by atoms with Crippen molar-refractivity contribution in [3.63, 3.8) is 0 Å². The van der Waals surface area contributed by atoms with E-state index in [1.165, 1.54) is 0 Å². The first-order chi connectivity index (χ1) is 13.7. The third-order valence-electron chi connectivity index (χ3n) is 5.20. The Bertz CT molecular complexity index is 945. The molecule has 7 heteroatoms. The standard InChI is InChI=1S/C22H24BrN3O3/c1-4-18(15-10-8-14(2)9-11-15)24-19(27)13-26-20(28)22(3,25-21(26)29)16-6-5-7-17(23)12-16/h5-12,18H,4,13H2,1-3H3,(H,24,27)(H,25,29)/t18-,22-/m0/s1. The Hall–Kier alpha value is -2.67. The van der Waals surface area contributed by atoms with Gasteiger partial charge in [-0.25, -0.2) is 4.79 Å². The molecular formula is C22H24BrN3O3. The Morgan fingerprint density at radius 2 is 1.90 bits per heavy atom. The summed E-state index contributed by atoms with van der Waals surface area (Å²) in [6.07, 6.45) is 0.699. The molecule has 29 heavy (non-hydrogen) atoms. The number of rotatable bonds is 6. The fourth-order valence-corrected chi connectivity index (χ4v) is 3.84. The van der Waals surface area contributed by atoms with Crippen LogP contribution in [0.4, 0.5) is 4.79 Å². The molecule has 2 aromatic rings. The van der Waals surface area contributed by atoms with Gasteiger partial charge < -0.3 is 10.6 Å². The molecule has 0 aromatic heterocycles. The number of nitrogens with zero attached hydrogens (tertiary/aromatic N) is 1. The van der Waals surface area contributed by atoms with Crippen LogP contribution in [0.15, 0.2) is 53.0 Å². The molecule has 0 unspecified atom stereocenters. The molecule has 6 nitrogen and oxygen atoms in total. The van der Waals surface area contributed by atoms with Crippen LogP contribution in [0.2, 0.25) is 0 Å². The molecule has 1 saturated heterocycles. The van der Waals surface area contributed by atoms with E-state index < -0.39 is 17.5 Å². The maximum Gasteiger partial charge on any atom is 0.325 e. The van der Waals surface area contributed by atoms with E-state index in [0.29, 0.717) is 12.0 Å². The van der Waals surface area contributed by atoms with E-state index in [2.05, 4.69) is 26.6 Å². The Morgan fingerprint density at radius 3 is 2.52 bits per heavy atom. The van der Waals surface area contributed by atoms with Gasteiger partial charge in [-0.05, 0) is 43.5 Å². The second-order valence-corrected chi connectivity index (χ2v) is 8.31. The molecule has 2 aromatic carbocycles. The number of carbonyl (C=O) groups excluding carboxylic acids is 3. The zero-order valence-corrected chi connectivity index (χ0v) is 18.2. The number of carbonyl (C=O) groups is 3. The van der Waals surface area contributed by atoms with Crippen LogP contribution in [0.25, 0.3) is 0 Å². The van der Waals surface area contributed by atoms with E-state index >= 15 is 0 Å². The van der Waals surface area contributed by atoms with Crippen LogP contribution in [0.1, 0.15) is 43.0 Å². The van der Waals surface area contributed by atoms with Crippen LogP contribution in [0, 0.1) is 6.92 Å². The molecule has 1 fully saturated rings. The summed E-state index contributed by atoms with van der Waals surface area (Å²) in [6, 6.07) is 14.4. The number of aryl methyl sites for hydroxylation is 1. The first-order valence-corrected chi connectivity index (χ1v) is 10.3. The predicted molar refractivity (Wildman–Crippen MR) is 114 cm³/mol. The third-order valence-corrected chi connectivity index (χ3v) is 5.70. The molecule has 0 saturated carbocycles. The zero-order chi connectivity index (χ0) is 21.2. The van der Waals surface area contributed by atoms with Gasteiger partial charge in [0, 0.05) is 4.47 Å². The number of benzene rings is 2. The van der Waals surface area contributed by atoms with Crippen LogP contribution in [0.5, 0.6) is 0 Å². The fourth-order valence-electron chi connectivity index (χ4n) is 3.44. The lowest BCUT2D eigenvalue weighted by Crippen LogP contribution is -2.43. The highest BCUT2D eigenvalue weighted by atomic mass is 79.9. The van der Waals surface area contributed by atoms with Gasteiger partial charge in [-0.3, -0.25) is 14.5 Å². The number of urea groups is 1. The van der Waals surface area contributed by atoms with E-state index in [4.69, 9.17) is 0 Å². The molecule has 0 radical (unpaired) electrons. The average molecular weight is 458 g/mol. The lowest BCUT2D eigenvalue weighted by molar-refractivity contribution is -0.135. The lowest BCUT2D eigenvalue weighted by Gasteiger charge is -2.23. The average Bonchev–Trinajstić information content (AvgIpc) is 2.91. The molecule has 0 aliphatic carbocycles. The Balaban J connectivity index is 1.72. The first-order valence-electron chi connectivity index (χ1n) is 9.50. The number of imide groups is 1. The summed E-state index contributed by atoms with van der Waals surface area (Å²) in [6.45, 7) is 5.30. The van der Waals surface area contributed by atoms with Crippen molar-refractivity contribution in [3.05, 3.63) is 69.7 Å². The van der Waals surface area contributed by atoms with Crippen LogP contribution in [-0.2, 0) is 15.1 Å². The Kier molecular flexibility index (Phi) is 6.07. The minimum Gasteiger partial charge on any atom is -0.348 e. The molecule has 1 aliphatic rings. The highest BCUT2D eigenvalue weighted by Crippen LogP contribution is 2.30. The molecule has 0 spiro atoms. The summed E-state index contributed by atoms with van der Waals surface area (Å²) in [5, 5.41) is 5.65. The maximum absolute atomic E-state index is 13.0. The van der Waals surface area contributed by atoms with Gasteiger partial charge in [0.25, 0.3) is 5.91 Å². The van der Waals surface area contributed by atoms with Gasteiger partial charge in [-0.2, -0.15) is 0 Å². The number of hydrogen-bond donors (Lipinski definition) is 2. The van der Waals surface area contributed by atoms with Crippen molar-refractivity contribution >= 4 is 33.8 Å². The summed E-state index contributed by atoms with van der Waals surface area (Å²) in [5.74, 6) is -0.821. The quantitative estimate of drug-likeness (QED) is 0.647. The van der Waals surface area contributed by atoms with Crippen molar-refractivity contribution in [3.8, 4) is 0 Å². The molecule has 3 rings (SSSR count). The molecule has 2 atom stereocenters. The summed E-state index contributed by atoms with van der Waals surface area (Å²) in [4.78, 5) is 39.0. The van der Waals surface area contributed by atoms with Crippen LogP contribution < -0.4 is 10.6 Å². The van der Waals surface area contributed by atoms with Gasteiger partial charge in [-0.1, -0.05) is 64.8 Å². The lowest BCUT2D eigenvalue weighted by atomic mass is 9.92. The summed E-state index contributed by atoms with van der Waals surface area (Å²) in [7, 11) is 0. The van der Waals surface area contributed by atoms with Crippen molar-refractivity contribution in [2.45, 2.75) is 38.8 Å². The van der Waals surface area contributed by atoms with Crippen molar-refractivity contribution in [1.82, 2.24) is 15.5 Å². The van der Waals surface area contributed by atoms with Gasteiger partial charge in [0.2, 0.25) is 5.91 Å². The monoisotopic (exact) mass is 457 g/mol. The van der Waals surface area contributed by atoms with E-state index in [0.717, 1.165) is 20.5 Å².